The lowest BCUT2D eigenvalue weighted by molar-refractivity contribution is 0.0948. The number of allylic oxidation sites excluding steroid dienone is 1. The quantitative estimate of drug-likeness (QED) is 0.802. The fourth-order valence-corrected chi connectivity index (χ4v) is 4.08. The van der Waals surface area contributed by atoms with Crippen LogP contribution in [-0.4, -0.2) is 29.0 Å². The molecule has 1 aliphatic carbocycles. The second kappa shape index (κ2) is 8.55. The average molecular weight is 377 g/mol. The average Bonchev–Trinajstić information content (AvgIpc) is 2.73. The summed E-state index contributed by atoms with van der Waals surface area (Å²) in [6, 6.07) is 10.4. The van der Waals surface area contributed by atoms with E-state index in [0.717, 1.165) is 31.7 Å². The van der Waals surface area contributed by atoms with E-state index >= 15 is 0 Å². The summed E-state index contributed by atoms with van der Waals surface area (Å²) in [6.07, 6.45) is 9.17. The van der Waals surface area contributed by atoms with Gasteiger partial charge >= 0.3 is 0 Å². The summed E-state index contributed by atoms with van der Waals surface area (Å²) >= 11 is 0. The zero-order valence-corrected chi connectivity index (χ0v) is 16.6. The number of amides is 1. The third-order valence-electron chi connectivity index (χ3n) is 5.63. The Balaban J connectivity index is 1.42. The van der Waals surface area contributed by atoms with Crippen molar-refractivity contribution < 1.29 is 4.79 Å². The molecular weight excluding hydrogens is 348 g/mol. The van der Waals surface area contributed by atoms with Gasteiger partial charge in [-0.2, -0.15) is 0 Å². The molecule has 0 fully saturated rings. The highest BCUT2D eigenvalue weighted by Gasteiger charge is 2.19. The van der Waals surface area contributed by atoms with Crippen molar-refractivity contribution in [1.82, 2.24) is 15.3 Å². The third kappa shape index (κ3) is 4.41. The number of rotatable bonds is 5. The molecule has 0 radical (unpaired) electrons. The zero-order valence-electron chi connectivity index (χ0n) is 16.6. The number of nitrogens with zero attached hydrogens (tertiary/aromatic N) is 3. The van der Waals surface area contributed by atoms with Gasteiger partial charge in [0.25, 0.3) is 5.91 Å². The number of carbonyl (C=O) groups is 1. The first-order valence-electron chi connectivity index (χ1n) is 10.3. The molecular formula is C23H28N4O. The fourth-order valence-electron chi connectivity index (χ4n) is 4.08. The number of fused-ring (bicyclic) bond motifs is 1. The molecule has 1 aromatic heterocycles. The number of anilines is 1. The monoisotopic (exact) mass is 376 g/mol. The van der Waals surface area contributed by atoms with E-state index in [1.165, 1.54) is 42.4 Å². The van der Waals surface area contributed by atoms with Gasteiger partial charge in [0.2, 0.25) is 0 Å². The van der Waals surface area contributed by atoms with Gasteiger partial charge in [-0.25, -0.2) is 9.97 Å². The van der Waals surface area contributed by atoms with E-state index < -0.39 is 0 Å². The normalized spacial score (nSPS) is 16.3. The molecule has 1 aromatic carbocycles. The van der Waals surface area contributed by atoms with Crippen LogP contribution in [0.1, 0.15) is 59.5 Å². The molecule has 0 atom stereocenters. The predicted octanol–water partition coefficient (Wildman–Crippen LogP) is 3.97. The molecule has 0 saturated carbocycles. The van der Waals surface area contributed by atoms with Crippen molar-refractivity contribution in [3.05, 3.63) is 64.6 Å². The van der Waals surface area contributed by atoms with Gasteiger partial charge in [-0.3, -0.25) is 4.79 Å². The molecule has 2 aromatic rings. The lowest BCUT2D eigenvalue weighted by Crippen LogP contribution is -2.32. The maximum atomic E-state index is 12.6. The van der Waals surface area contributed by atoms with Crippen LogP contribution in [-0.2, 0) is 13.0 Å². The van der Waals surface area contributed by atoms with Gasteiger partial charge in [0, 0.05) is 25.7 Å². The molecule has 0 saturated heterocycles. The minimum absolute atomic E-state index is 0.111. The Morgan fingerprint density at radius 3 is 2.82 bits per heavy atom. The van der Waals surface area contributed by atoms with E-state index in [0.29, 0.717) is 18.1 Å². The molecule has 28 heavy (non-hydrogen) atoms. The Hall–Kier alpha value is -2.69. The van der Waals surface area contributed by atoms with Crippen LogP contribution < -0.4 is 10.2 Å². The number of aromatic nitrogens is 2. The minimum atomic E-state index is -0.111. The molecule has 2 aliphatic rings. The summed E-state index contributed by atoms with van der Waals surface area (Å²) in [5, 5.41) is 3.03. The number of hydrogen-bond donors (Lipinski definition) is 1. The van der Waals surface area contributed by atoms with Gasteiger partial charge < -0.3 is 10.2 Å². The van der Waals surface area contributed by atoms with Gasteiger partial charge in [0.1, 0.15) is 17.3 Å². The zero-order chi connectivity index (χ0) is 19.3. The summed E-state index contributed by atoms with van der Waals surface area (Å²) in [6.45, 7) is 4.25. The van der Waals surface area contributed by atoms with E-state index in [1.807, 2.05) is 13.0 Å². The Morgan fingerprint density at radius 2 is 2.00 bits per heavy atom. The number of carbonyl (C=O) groups excluding carboxylic acids is 1. The van der Waals surface area contributed by atoms with Crippen molar-refractivity contribution in [3.63, 3.8) is 0 Å². The highest BCUT2D eigenvalue weighted by Crippen LogP contribution is 2.24. The molecule has 1 amide bonds. The Bertz CT molecular complexity index is 890. The number of nitrogens with one attached hydrogen (secondary N) is 1. The van der Waals surface area contributed by atoms with Crippen molar-refractivity contribution in [1.29, 1.82) is 0 Å². The summed E-state index contributed by atoms with van der Waals surface area (Å²) in [4.78, 5) is 23.8. The van der Waals surface area contributed by atoms with Crippen LogP contribution in [0.3, 0.4) is 0 Å². The second-order valence-electron chi connectivity index (χ2n) is 7.71. The topological polar surface area (TPSA) is 58.1 Å². The second-order valence-corrected chi connectivity index (χ2v) is 7.71. The smallest absolute Gasteiger partial charge is 0.270 e. The predicted molar refractivity (Wildman–Crippen MR) is 111 cm³/mol. The lowest BCUT2D eigenvalue weighted by atomic mass is 9.97. The van der Waals surface area contributed by atoms with Gasteiger partial charge in [0.15, 0.2) is 0 Å². The molecule has 5 nitrogen and oxygen atoms in total. The Morgan fingerprint density at radius 1 is 1.14 bits per heavy atom. The van der Waals surface area contributed by atoms with Crippen LogP contribution in [0, 0.1) is 6.92 Å². The van der Waals surface area contributed by atoms with Crippen molar-refractivity contribution >= 4 is 11.7 Å². The standard InChI is InChI=1S/C23H28N4O/c1-17-25-21(23(28)24-13-11-18-7-3-2-4-8-18)15-22(26-17)27-14-12-19-9-5-6-10-20(19)16-27/h5-7,9-10,15H,2-4,8,11-14,16H2,1H3,(H,24,28). The van der Waals surface area contributed by atoms with Gasteiger partial charge in [-0.05, 0) is 56.6 Å². The Labute approximate surface area is 166 Å². The van der Waals surface area contributed by atoms with E-state index in [2.05, 4.69) is 50.5 Å². The van der Waals surface area contributed by atoms with Gasteiger partial charge in [0.05, 0.1) is 0 Å². The van der Waals surface area contributed by atoms with Crippen molar-refractivity contribution in [2.75, 3.05) is 18.0 Å². The number of aryl methyl sites for hydroxylation is 1. The maximum Gasteiger partial charge on any atom is 0.270 e. The highest BCUT2D eigenvalue weighted by molar-refractivity contribution is 5.93. The van der Waals surface area contributed by atoms with E-state index in [1.54, 1.807) is 0 Å². The molecule has 5 heteroatoms. The maximum absolute atomic E-state index is 12.6. The van der Waals surface area contributed by atoms with Crippen molar-refractivity contribution in [2.24, 2.45) is 0 Å². The summed E-state index contributed by atoms with van der Waals surface area (Å²) in [5.74, 6) is 1.36. The van der Waals surface area contributed by atoms with Crippen molar-refractivity contribution in [3.8, 4) is 0 Å². The summed E-state index contributed by atoms with van der Waals surface area (Å²) in [7, 11) is 0. The van der Waals surface area contributed by atoms with E-state index in [4.69, 9.17) is 0 Å². The Kier molecular flexibility index (Phi) is 5.70. The van der Waals surface area contributed by atoms with Gasteiger partial charge in [-0.15, -0.1) is 0 Å². The molecule has 0 spiro atoms. The first-order chi connectivity index (χ1) is 13.7. The molecule has 1 N–H and O–H groups in total. The summed E-state index contributed by atoms with van der Waals surface area (Å²) in [5.41, 5.74) is 4.66. The molecule has 0 bridgehead atoms. The number of benzene rings is 1. The number of hydrogen-bond acceptors (Lipinski definition) is 4. The minimum Gasteiger partial charge on any atom is -0.352 e. The van der Waals surface area contributed by atoms with Crippen LogP contribution >= 0.6 is 0 Å². The van der Waals surface area contributed by atoms with Crippen LogP contribution in [0.4, 0.5) is 5.82 Å². The fraction of sp³-hybridized carbons (Fsp3) is 0.435. The van der Waals surface area contributed by atoms with Crippen LogP contribution in [0.5, 0.6) is 0 Å². The first-order valence-corrected chi connectivity index (χ1v) is 10.3. The van der Waals surface area contributed by atoms with Gasteiger partial charge in [-0.1, -0.05) is 35.9 Å². The highest BCUT2D eigenvalue weighted by atomic mass is 16.1. The summed E-state index contributed by atoms with van der Waals surface area (Å²) < 4.78 is 0. The SMILES string of the molecule is Cc1nc(C(=O)NCCC2=CCCCC2)cc(N2CCc3ccccc3C2)n1. The first kappa shape index (κ1) is 18.7. The molecule has 1 aliphatic heterocycles. The molecule has 146 valence electrons. The van der Waals surface area contributed by atoms with Crippen molar-refractivity contribution in [2.45, 2.75) is 52.0 Å². The third-order valence-corrected chi connectivity index (χ3v) is 5.63. The van der Waals surface area contributed by atoms with Crippen LogP contribution in [0.25, 0.3) is 0 Å². The van der Waals surface area contributed by atoms with Crippen LogP contribution in [0.2, 0.25) is 0 Å². The molecule has 2 heterocycles. The largest absolute Gasteiger partial charge is 0.352 e. The van der Waals surface area contributed by atoms with E-state index in [-0.39, 0.29) is 5.91 Å². The van der Waals surface area contributed by atoms with Crippen LogP contribution in [0.15, 0.2) is 42.0 Å². The lowest BCUT2D eigenvalue weighted by Gasteiger charge is -2.30. The molecule has 0 unspecified atom stereocenters. The molecule has 4 rings (SSSR count). The van der Waals surface area contributed by atoms with E-state index in [9.17, 15) is 4.79 Å².